The molecule has 2 rings (SSSR count). The molecular formula is C9H9BrO2. The molecule has 3 heteroatoms. The van der Waals surface area contributed by atoms with Gasteiger partial charge in [0, 0.05) is 4.47 Å². The molecule has 0 saturated heterocycles. The van der Waals surface area contributed by atoms with Gasteiger partial charge in [0.25, 0.3) is 0 Å². The van der Waals surface area contributed by atoms with Crippen LogP contribution in [-0.4, -0.2) is 12.7 Å². The maximum absolute atomic E-state index is 5.56. The van der Waals surface area contributed by atoms with Crippen molar-refractivity contribution in [2.24, 2.45) is 0 Å². The van der Waals surface area contributed by atoms with Gasteiger partial charge in [-0.1, -0.05) is 15.9 Å². The maximum atomic E-state index is 5.56. The van der Waals surface area contributed by atoms with Gasteiger partial charge in [0.2, 0.25) is 0 Å². The molecule has 0 aliphatic carbocycles. The van der Waals surface area contributed by atoms with Crippen LogP contribution in [0, 0.1) is 0 Å². The van der Waals surface area contributed by atoms with Crippen LogP contribution in [0.3, 0.4) is 0 Å². The van der Waals surface area contributed by atoms with Crippen molar-refractivity contribution >= 4 is 15.9 Å². The van der Waals surface area contributed by atoms with Gasteiger partial charge in [-0.3, -0.25) is 0 Å². The van der Waals surface area contributed by atoms with E-state index in [1.165, 1.54) is 0 Å². The third kappa shape index (κ3) is 1.41. The quantitative estimate of drug-likeness (QED) is 0.680. The molecule has 0 unspecified atom stereocenters. The molecule has 0 spiro atoms. The summed E-state index contributed by atoms with van der Waals surface area (Å²) in [5.41, 5.74) is 0. The standard InChI is InChI=1S/C9H9BrO2/c1-6-5-11-8-3-2-7(10)4-9(8)12-6/h2-4,6H,5H2,1H3/t6-/m1/s1. The van der Waals surface area contributed by atoms with Gasteiger partial charge >= 0.3 is 0 Å². The number of benzene rings is 1. The predicted octanol–water partition coefficient (Wildman–Crippen LogP) is 2.61. The lowest BCUT2D eigenvalue weighted by Gasteiger charge is -2.23. The third-order valence-electron chi connectivity index (χ3n) is 1.71. The van der Waals surface area contributed by atoms with Crippen molar-refractivity contribution in [1.82, 2.24) is 0 Å². The Balaban J connectivity index is 2.37. The van der Waals surface area contributed by atoms with Crippen molar-refractivity contribution in [3.8, 4) is 11.5 Å². The lowest BCUT2D eigenvalue weighted by atomic mass is 10.3. The first kappa shape index (κ1) is 7.92. The molecule has 0 fully saturated rings. The first-order valence-electron chi connectivity index (χ1n) is 3.85. The second kappa shape index (κ2) is 2.98. The lowest BCUT2D eigenvalue weighted by Crippen LogP contribution is -2.25. The highest BCUT2D eigenvalue weighted by molar-refractivity contribution is 9.10. The zero-order chi connectivity index (χ0) is 8.55. The van der Waals surface area contributed by atoms with Gasteiger partial charge < -0.3 is 9.47 Å². The molecule has 1 aliphatic rings. The average Bonchev–Trinajstić information content (AvgIpc) is 2.03. The minimum absolute atomic E-state index is 0.145. The van der Waals surface area contributed by atoms with E-state index < -0.39 is 0 Å². The van der Waals surface area contributed by atoms with E-state index in [0.29, 0.717) is 6.61 Å². The first-order valence-corrected chi connectivity index (χ1v) is 4.64. The molecule has 1 atom stereocenters. The molecule has 1 aromatic carbocycles. The van der Waals surface area contributed by atoms with Crippen molar-refractivity contribution in [3.63, 3.8) is 0 Å². The maximum Gasteiger partial charge on any atom is 0.162 e. The Kier molecular flexibility index (Phi) is 1.97. The number of rotatable bonds is 0. The molecular weight excluding hydrogens is 220 g/mol. The topological polar surface area (TPSA) is 18.5 Å². The van der Waals surface area contributed by atoms with E-state index in [1.807, 2.05) is 25.1 Å². The van der Waals surface area contributed by atoms with Gasteiger partial charge in [0.15, 0.2) is 11.5 Å². The second-order valence-electron chi connectivity index (χ2n) is 2.83. The molecule has 64 valence electrons. The van der Waals surface area contributed by atoms with Gasteiger partial charge in [-0.2, -0.15) is 0 Å². The summed E-state index contributed by atoms with van der Waals surface area (Å²) in [7, 11) is 0. The molecule has 0 N–H and O–H groups in total. The van der Waals surface area contributed by atoms with Crippen molar-refractivity contribution in [3.05, 3.63) is 22.7 Å². The minimum Gasteiger partial charge on any atom is -0.486 e. The monoisotopic (exact) mass is 228 g/mol. The summed E-state index contributed by atoms with van der Waals surface area (Å²) in [5, 5.41) is 0. The van der Waals surface area contributed by atoms with Gasteiger partial charge in [-0.15, -0.1) is 0 Å². The molecule has 1 aromatic rings. The number of halogens is 1. The van der Waals surface area contributed by atoms with Crippen LogP contribution in [0.4, 0.5) is 0 Å². The van der Waals surface area contributed by atoms with E-state index in [9.17, 15) is 0 Å². The summed E-state index contributed by atoms with van der Waals surface area (Å²) in [5.74, 6) is 1.65. The van der Waals surface area contributed by atoms with E-state index in [1.54, 1.807) is 0 Å². The second-order valence-corrected chi connectivity index (χ2v) is 3.75. The number of fused-ring (bicyclic) bond motifs is 1. The fraction of sp³-hybridized carbons (Fsp3) is 0.333. The third-order valence-corrected chi connectivity index (χ3v) is 2.20. The smallest absolute Gasteiger partial charge is 0.162 e. The van der Waals surface area contributed by atoms with E-state index in [2.05, 4.69) is 15.9 Å². The first-order chi connectivity index (χ1) is 5.75. The fourth-order valence-electron chi connectivity index (χ4n) is 1.15. The van der Waals surface area contributed by atoms with E-state index in [0.717, 1.165) is 16.0 Å². The Morgan fingerprint density at radius 2 is 2.25 bits per heavy atom. The number of hydrogen-bond donors (Lipinski definition) is 0. The summed E-state index contributed by atoms with van der Waals surface area (Å²) in [6.45, 7) is 2.62. The Morgan fingerprint density at radius 3 is 3.08 bits per heavy atom. The number of hydrogen-bond acceptors (Lipinski definition) is 2. The molecule has 1 aliphatic heterocycles. The summed E-state index contributed by atoms with van der Waals surface area (Å²) in [4.78, 5) is 0. The van der Waals surface area contributed by atoms with E-state index >= 15 is 0 Å². The van der Waals surface area contributed by atoms with Crippen LogP contribution in [0.2, 0.25) is 0 Å². The molecule has 12 heavy (non-hydrogen) atoms. The molecule has 0 radical (unpaired) electrons. The van der Waals surface area contributed by atoms with E-state index in [4.69, 9.17) is 9.47 Å². The Hall–Kier alpha value is -0.700. The van der Waals surface area contributed by atoms with E-state index in [-0.39, 0.29) is 6.10 Å². The highest BCUT2D eigenvalue weighted by atomic mass is 79.9. The highest BCUT2D eigenvalue weighted by Gasteiger charge is 2.16. The van der Waals surface area contributed by atoms with Crippen LogP contribution in [0.1, 0.15) is 6.92 Å². The molecule has 0 saturated carbocycles. The highest BCUT2D eigenvalue weighted by Crippen LogP contribution is 2.33. The van der Waals surface area contributed by atoms with Crippen molar-refractivity contribution < 1.29 is 9.47 Å². The van der Waals surface area contributed by atoms with Crippen LogP contribution >= 0.6 is 15.9 Å². The Labute approximate surface area is 79.6 Å². The summed E-state index contributed by atoms with van der Waals surface area (Å²) >= 11 is 3.37. The van der Waals surface area contributed by atoms with Crippen LogP contribution in [-0.2, 0) is 0 Å². The summed E-state index contributed by atoms with van der Waals surface area (Å²) < 4.78 is 12.0. The SMILES string of the molecule is C[C@@H]1COc2ccc(Br)cc2O1. The molecule has 0 bridgehead atoms. The van der Waals surface area contributed by atoms with Crippen LogP contribution in [0.15, 0.2) is 22.7 Å². The predicted molar refractivity (Wildman–Crippen MR) is 49.7 cm³/mol. The zero-order valence-corrected chi connectivity index (χ0v) is 8.30. The van der Waals surface area contributed by atoms with Crippen LogP contribution in [0.25, 0.3) is 0 Å². The Bertz CT molecular complexity index is 299. The van der Waals surface area contributed by atoms with Crippen molar-refractivity contribution in [1.29, 1.82) is 0 Å². The number of ether oxygens (including phenoxy) is 2. The van der Waals surface area contributed by atoms with Gasteiger partial charge in [0.1, 0.15) is 12.7 Å². The fourth-order valence-corrected chi connectivity index (χ4v) is 1.49. The zero-order valence-electron chi connectivity index (χ0n) is 6.71. The largest absolute Gasteiger partial charge is 0.486 e. The molecule has 0 aromatic heterocycles. The van der Waals surface area contributed by atoms with Crippen LogP contribution in [0.5, 0.6) is 11.5 Å². The average molecular weight is 229 g/mol. The molecule has 0 amide bonds. The lowest BCUT2D eigenvalue weighted by molar-refractivity contribution is 0.104. The summed E-state index contributed by atoms with van der Waals surface area (Å²) in [6.07, 6.45) is 0.145. The van der Waals surface area contributed by atoms with Crippen LogP contribution < -0.4 is 9.47 Å². The van der Waals surface area contributed by atoms with Gasteiger partial charge in [-0.25, -0.2) is 0 Å². The van der Waals surface area contributed by atoms with Gasteiger partial charge in [0.05, 0.1) is 0 Å². The van der Waals surface area contributed by atoms with Crippen molar-refractivity contribution in [2.75, 3.05) is 6.61 Å². The van der Waals surface area contributed by atoms with Crippen molar-refractivity contribution in [2.45, 2.75) is 13.0 Å². The minimum atomic E-state index is 0.145. The Morgan fingerprint density at radius 1 is 1.42 bits per heavy atom. The normalized spacial score (nSPS) is 20.7. The summed E-state index contributed by atoms with van der Waals surface area (Å²) in [6, 6.07) is 5.77. The molecule has 2 nitrogen and oxygen atoms in total. The van der Waals surface area contributed by atoms with Gasteiger partial charge in [-0.05, 0) is 25.1 Å². The molecule has 1 heterocycles.